The molecule has 0 saturated carbocycles. The van der Waals surface area contributed by atoms with Gasteiger partial charge in [-0.05, 0) is 78.2 Å². The van der Waals surface area contributed by atoms with Gasteiger partial charge in [0.05, 0.1) is 10.6 Å². The number of aliphatic hydroxyl groups excluding tert-OH is 1. The Kier molecular flexibility index (Phi) is 7.77. The smallest absolute Gasteiger partial charge is 0.245 e. The molecule has 9 heteroatoms. The number of halogens is 3. The highest BCUT2D eigenvalue weighted by Crippen LogP contribution is 2.32. The Hall–Kier alpha value is -1.39. The Morgan fingerprint density at radius 1 is 1.19 bits per heavy atom. The van der Waals surface area contributed by atoms with Gasteiger partial charge in [0.1, 0.15) is 16.5 Å². The van der Waals surface area contributed by atoms with Crippen LogP contribution in [0.5, 0.6) is 0 Å². The molecule has 0 amide bonds. The molecule has 1 aliphatic carbocycles. The van der Waals surface area contributed by atoms with E-state index < -0.39 is 32.7 Å². The zero-order valence-electron chi connectivity index (χ0n) is 18.4. The van der Waals surface area contributed by atoms with Gasteiger partial charge in [0, 0.05) is 25.7 Å². The average molecular weight is 531 g/mol. The van der Waals surface area contributed by atoms with Crippen LogP contribution in [0, 0.1) is 17.6 Å². The molecule has 0 radical (unpaired) electrons. The molecule has 0 spiro atoms. The molecular formula is C23H29BrF2N2O3S. The fourth-order valence-corrected chi connectivity index (χ4v) is 5.89. The van der Waals surface area contributed by atoms with Crippen molar-refractivity contribution in [1.29, 1.82) is 0 Å². The average Bonchev–Trinajstić information content (AvgIpc) is 3.10. The number of β-amino-alcohol motifs (C(OH)–C–C–N with tert-alkyl or cyclic N) is 1. The fraction of sp³-hybridized carbons (Fsp3) is 0.478. The first-order valence-corrected chi connectivity index (χ1v) is 12.7. The van der Waals surface area contributed by atoms with Crippen LogP contribution < -0.4 is 5.32 Å². The molecule has 1 unspecified atom stereocenters. The number of nitrogens with one attached hydrogen (secondary N) is 1. The van der Waals surface area contributed by atoms with E-state index in [9.17, 15) is 22.3 Å². The number of rotatable bonds is 9. The van der Waals surface area contributed by atoms with E-state index in [1.165, 1.54) is 18.2 Å². The quantitative estimate of drug-likeness (QED) is 0.482. The van der Waals surface area contributed by atoms with Crippen molar-refractivity contribution >= 4 is 26.0 Å². The number of hydrogen-bond donors (Lipinski definition) is 2. The van der Waals surface area contributed by atoms with Crippen molar-refractivity contribution < 1.29 is 22.3 Å². The highest BCUT2D eigenvalue weighted by Gasteiger charge is 2.30. The molecule has 0 fully saturated rings. The van der Waals surface area contributed by atoms with Gasteiger partial charge < -0.3 is 10.4 Å². The minimum atomic E-state index is -4.30. The van der Waals surface area contributed by atoms with E-state index in [1.807, 2.05) is 0 Å². The number of aliphatic hydroxyl groups is 1. The third-order valence-corrected chi connectivity index (χ3v) is 8.33. The van der Waals surface area contributed by atoms with Crippen LogP contribution in [-0.2, 0) is 22.9 Å². The van der Waals surface area contributed by atoms with Crippen LogP contribution in [0.3, 0.4) is 0 Å². The molecule has 1 atom stereocenters. The maximum atomic E-state index is 14.1. The van der Waals surface area contributed by atoms with Gasteiger partial charge in [0.15, 0.2) is 0 Å². The van der Waals surface area contributed by atoms with Crippen molar-refractivity contribution in [3.63, 3.8) is 0 Å². The number of fused-ring (bicyclic) bond motifs is 1. The summed E-state index contributed by atoms with van der Waals surface area (Å²) in [6.45, 7) is 4.04. The summed E-state index contributed by atoms with van der Waals surface area (Å²) in [5.41, 5.74) is 2.51. The number of benzene rings is 2. The van der Waals surface area contributed by atoms with Crippen molar-refractivity contribution in [2.75, 3.05) is 20.1 Å². The predicted molar refractivity (Wildman–Crippen MR) is 124 cm³/mol. The van der Waals surface area contributed by atoms with Gasteiger partial charge in [-0.3, -0.25) is 0 Å². The summed E-state index contributed by atoms with van der Waals surface area (Å²) in [7, 11) is -3.06. The highest BCUT2D eigenvalue weighted by atomic mass is 79.9. The predicted octanol–water partition coefficient (Wildman–Crippen LogP) is 3.88. The summed E-state index contributed by atoms with van der Waals surface area (Å²) in [5, 5.41) is 13.7. The van der Waals surface area contributed by atoms with Crippen LogP contribution in [-0.4, -0.2) is 49.6 Å². The monoisotopic (exact) mass is 530 g/mol. The number of likely N-dealkylation sites (N-methyl/N-ethyl adjacent to an activating group) is 1. The van der Waals surface area contributed by atoms with Crippen molar-refractivity contribution in [1.82, 2.24) is 9.62 Å². The maximum Gasteiger partial charge on any atom is 0.245 e. The Morgan fingerprint density at radius 2 is 1.78 bits per heavy atom. The van der Waals surface area contributed by atoms with E-state index in [0.717, 1.165) is 29.6 Å². The van der Waals surface area contributed by atoms with E-state index in [-0.39, 0.29) is 23.1 Å². The van der Waals surface area contributed by atoms with Crippen LogP contribution >= 0.6 is 15.9 Å². The molecule has 176 valence electrons. The zero-order valence-corrected chi connectivity index (χ0v) is 20.8. The van der Waals surface area contributed by atoms with Gasteiger partial charge in [-0.1, -0.05) is 24.3 Å². The second kappa shape index (κ2) is 9.85. The highest BCUT2D eigenvalue weighted by molar-refractivity contribution is 9.10. The SMILES string of the molecule is CN(CC(O)CNC(C)(C)CC1Cc2ccccc2C1)S(=O)(=O)c1cc(F)c(Br)cc1F. The molecule has 5 nitrogen and oxygen atoms in total. The first-order valence-electron chi connectivity index (χ1n) is 10.5. The van der Waals surface area contributed by atoms with Crippen molar-refractivity contribution in [2.45, 2.75) is 49.6 Å². The van der Waals surface area contributed by atoms with E-state index in [1.54, 1.807) is 0 Å². The number of nitrogens with zero attached hydrogens (tertiary/aromatic N) is 1. The molecule has 0 bridgehead atoms. The molecule has 32 heavy (non-hydrogen) atoms. The summed E-state index contributed by atoms with van der Waals surface area (Å²) >= 11 is 2.83. The third-order valence-electron chi connectivity index (χ3n) is 5.88. The van der Waals surface area contributed by atoms with E-state index >= 15 is 0 Å². The lowest BCUT2D eigenvalue weighted by atomic mass is 9.88. The summed E-state index contributed by atoms with van der Waals surface area (Å²) in [6.07, 6.45) is 1.95. The Morgan fingerprint density at radius 3 is 2.38 bits per heavy atom. The number of hydrogen-bond acceptors (Lipinski definition) is 4. The standard InChI is InChI=1S/C23H29BrF2N2O3S/c1-23(2,12-15-8-16-6-4-5-7-17(16)9-15)27-13-18(29)14-28(3)32(30,31)22-11-20(25)19(24)10-21(22)26/h4-7,10-11,15,18,27,29H,8-9,12-14H2,1-3H3. The molecule has 0 aromatic heterocycles. The Labute approximate surface area is 197 Å². The largest absolute Gasteiger partial charge is 0.390 e. The van der Waals surface area contributed by atoms with Crippen molar-refractivity contribution in [2.24, 2.45) is 5.92 Å². The lowest BCUT2D eigenvalue weighted by molar-refractivity contribution is 0.135. The van der Waals surface area contributed by atoms with Crippen molar-refractivity contribution in [3.8, 4) is 0 Å². The van der Waals surface area contributed by atoms with E-state index in [0.29, 0.717) is 12.0 Å². The molecule has 0 saturated heterocycles. The second-order valence-electron chi connectivity index (χ2n) is 9.15. The van der Waals surface area contributed by atoms with Gasteiger partial charge in [-0.15, -0.1) is 0 Å². The van der Waals surface area contributed by atoms with Gasteiger partial charge in [0.2, 0.25) is 10.0 Å². The molecule has 1 aliphatic rings. The van der Waals surface area contributed by atoms with E-state index in [2.05, 4.69) is 59.4 Å². The van der Waals surface area contributed by atoms with Gasteiger partial charge >= 0.3 is 0 Å². The molecule has 3 rings (SSSR count). The minimum absolute atomic E-state index is 0.159. The summed E-state index contributed by atoms with van der Waals surface area (Å²) in [6, 6.07) is 9.85. The fourth-order valence-electron chi connectivity index (χ4n) is 4.31. The first kappa shape index (κ1) is 25.2. The molecule has 2 aromatic carbocycles. The minimum Gasteiger partial charge on any atom is -0.390 e. The molecule has 2 aromatic rings. The second-order valence-corrected chi connectivity index (χ2v) is 12.0. The first-order chi connectivity index (χ1) is 14.9. The van der Waals surface area contributed by atoms with Crippen LogP contribution in [0.25, 0.3) is 0 Å². The molecular weight excluding hydrogens is 502 g/mol. The molecule has 0 aliphatic heterocycles. The van der Waals surface area contributed by atoms with Crippen LogP contribution in [0.1, 0.15) is 31.4 Å². The molecule has 0 heterocycles. The van der Waals surface area contributed by atoms with Gasteiger partial charge in [-0.25, -0.2) is 17.2 Å². The number of sulfonamides is 1. The Balaban J connectivity index is 1.54. The van der Waals surface area contributed by atoms with Gasteiger partial charge in [0.25, 0.3) is 0 Å². The third kappa shape index (κ3) is 5.94. The van der Waals surface area contributed by atoms with Crippen molar-refractivity contribution in [3.05, 3.63) is 63.6 Å². The van der Waals surface area contributed by atoms with Crippen LogP contribution in [0.15, 0.2) is 45.8 Å². The topological polar surface area (TPSA) is 69.6 Å². The summed E-state index contributed by atoms with van der Waals surface area (Å²) < 4.78 is 53.9. The lowest BCUT2D eigenvalue weighted by Crippen LogP contribution is -2.47. The summed E-state index contributed by atoms with van der Waals surface area (Å²) in [4.78, 5) is -0.762. The van der Waals surface area contributed by atoms with Crippen LogP contribution in [0.4, 0.5) is 8.78 Å². The van der Waals surface area contributed by atoms with Gasteiger partial charge in [-0.2, -0.15) is 4.31 Å². The normalized spacial score (nSPS) is 15.9. The van der Waals surface area contributed by atoms with Crippen LogP contribution in [0.2, 0.25) is 0 Å². The Bertz CT molecular complexity index is 1050. The van der Waals surface area contributed by atoms with E-state index in [4.69, 9.17) is 0 Å². The maximum absolute atomic E-state index is 14.1. The zero-order chi connectivity index (χ0) is 23.7. The lowest BCUT2D eigenvalue weighted by Gasteiger charge is -2.31. The summed E-state index contributed by atoms with van der Waals surface area (Å²) in [5.74, 6) is -1.43. The molecule has 2 N–H and O–H groups in total.